The molecule has 2 atom stereocenters. The summed E-state index contributed by atoms with van der Waals surface area (Å²) in [5.41, 5.74) is 2.03. The molecule has 1 fully saturated rings. The van der Waals surface area contributed by atoms with E-state index in [0.29, 0.717) is 0 Å². The molecule has 2 rings (SSSR count). The van der Waals surface area contributed by atoms with Crippen LogP contribution in [0, 0.1) is 11.8 Å². The zero-order valence-electron chi connectivity index (χ0n) is 11.6. The first-order chi connectivity index (χ1) is 9.15. The molecule has 0 aliphatic heterocycles. The number of carboxylic acid groups (broad SMARTS) is 1. The molecule has 0 saturated heterocycles. The van der Waals surface area contributed by atoms with E-state index in [-0.39, 0.29) is 6.42 Å². The summed E-state index contributed by atoms with van der Waals surface area (Å²) in [5.74, 6) is 0.893. The van der Waals surface area contributed by atoms with Gasteiger partial charge in [-0.15, -0.1) is 0 Å². The lowest BCUT2D eigenvalue weighted by Gasteiger charge is -2.13. The quantitative estimate of drug-likeness (QED) is 0.828. The maximum absolute atomic E-state index is 10.8. The van der Waals surface area contributed by atoms with E-state index < -0.39 is 5.97 Å². The Balaban J connectivity index is 1.83. The molecule has 3 heteroatoms. The smallest absolute Gasteiger partial charge is 0.307 e. The molecule has 1 aliphatic rings. The SMILES string of the molecule is CC1CCC(CNCc2ccccc2CC(=O)O)C1. The number of carboxylic acids is 1. The molecule has 0 amide bonds. The molecule has 1 aromatic carbocycles. The summed E-state index contributed by atoms with van der Waals surface area (Å²) in [6.07, 6.45) is 4.11. The summed E-state index contributed by atoms with van der Waals surface area (Å²) in [4.78, 5) is 10.8. The Bertz CT molecular complexity index is 431. The van der Waals surface area contributed by atoms with Crippen LogP contribution in [-0.4, -0.2) is 17.6 Å². The maximum Gasteiger partial charge on any atom is 0.307 e. The van der Waals surface area contributed by atoms with Crippen LogP contribution in [0.5, 0.6) is 0 Å². The highest BCUT2D eigenvalue weighted by atomic mass is 16.4. The molecule has 104 valence electrons. The molecule has 0 spiro atoms. The summed E-state index contributed by atoms with van der Waals surface area (Å²) < 4.78 is 0. The highest BCUT2D eigenvalue weighted by Gasteiger charge is 2.20. The van der Waals surface area contributed by atoms with Gasteiger partial charge in [-0.2, -0.15) is 0 Å². The molecule has 2 N–H and O–H groups in total. The van der Waals surface area contributed by atoms with E-state index in [1.165, 1.54) is 19.3 Å². The van der Waals surface area contributed by atoms with Crippen LogP contribution >= 0.6 is 0 Å². The van der Waals surface area contributed by atoms with Gasteiger partial charge in [0.1, 0.15) is 0 Å². The van der Waals surface area contributed by atoms with Crippen LogP contribution in [0.3, 0.4) is 0 Å². The van der Waals surface area contributed by atoms with Gasteiger partial charge in [0.25, 0.3) is 0 Å². The number of nitrogens with one attached hydrogen (secondary N) is 1. The second kappa shape index (κ2) is 6.71. The van der Waals surface area contributed by atoms with Gasteiger partial charge in [0, 0.05) is 6.54 Å². The van der Waals surface area contributed by atoms with Crippen molar-refractivity contribution in [3.63, 3.8) is 0 Å². The number of benzene rings is 1. The molecule has 0 radical (unpaired) electrons. The number of aliphatic carboxylic acids is 1. The fraction of sp³-hybridized carbons (Fsp3) is 0.562. The summed E-state index contributed by atoms with van der Waals surface area (Å²) in [5, 5.41) is 12.4. The molecular formula is C16H23NO2. The van der Waals surface area contributed by atoms with Crippen LogP contribution in [0.2, 0.25) is 0 Å². The van der Waals surface area contributed by atoms with Crippen molar-refractivity contribution in [3.05, 3.63) is 35.4 Å². The van der Waals surface area contributed by atoms with E-state index >= 15 is 0 Å². The standard InChI is InChI=1S/C16H23NO2/c1-12-6-7-13(8-12)10-17-11-15-5-3-2-4-14(15)9-16(18)19/h2-5,12-13,17H,6-11H2,1H3,(H,18,19). The van der Waals surface area contributed by atoms with Gasteiger partial charge >= 0.3 is 5.97 Å². The van der Waals surface area contributed by atoms with Crippen LogP contribution < -0.4 is 5.32 Å². The van der Waals surface area contributed by atoms with Crippen molar-refractivity contribution in [1.82, 2.24) is 5.32 Å². The van der Waals surface area contributed by atoms with E-state index in [1.807, 2.05) is 24.3 Å². The molecule has 2 unspecified atom stereocenters. The predicted molar refractivity (Wildman–Crippen MR) is 76.0 cm³/mol. The van der Waals surface area contributed by atoms with Crippen molar-refractivity contribution in [2.75, 3.05) is 6.54 Å². The Kier molecular flexibility index (Phi) is 4.97. The molecule has 0 heterocycles. The first-order valence-corrected chi connectivity index (χ1v) is 7.14. The predicted octanol–water partition coefficient (Wildman–Crippen LogP) is 2.84. The summed E-state index contributed by atoms with van der Waals surface area (Å²) >= 11 is 0. The van der Waals surface area contributed by atoms with Crippen LogP contribution in [0.4, 0.5) is 0 Å². The first kappa shape index (κ1) is 14.1. The van der Waals surface area contributed by atoms with Crippen LogP contribution in [0.1, 0.15) is 37.3 Å². The summed E-state index contributed by atoms with van der Waals surface area (Å²) in [6.45, 7) is 4.14. The van der Waals surface area contributed by atoms with E-state index in [1.54, 1.807) is 0 Å². The highest BCUT2D eigenvalue weighted by Crippen LogP contribution is 2.29. The van der Waals surface area contributed by atoms with Crippen LogP contribution in [0.25, 0.3) is 0 Å². The van der Waals surface area contributed by atoms with Gasteiger partial charge in [-0.3, -0.25) is 4.79 Å². The van der Waals surface area contributed by atoms with Gasteiger partial charge in [-0.05, 0) is 42.3 Å². The Morgan fingerprint density at radius 3 is 2.68 bits per heavy atom. The third kappa shape index (κ3) is 4.35. The molecule has 1 saturated carbocycles. The van der Waals surface area contributed by atoms with Crippen molar-refractivity contribution in [1.29, 1.82) is 0 Å². The Morgan fingerprint density at radius 2 is 2.05 bits per heavy atom. The highest BCUT2D eigenvalue weighted by molar-refractivity contribution is 5.70. The van der Waals surface area contributed by atoms with Gasteiger partial charge < -0.3 is 10.4 Å². The average Bonchev–Trinajstić information content (AvgIpc) is 2.77. The monoisotopic (exact) mass is 261 g/mol. The third-order valence-electron chi connectivity index (χ3n) is 4.01. The molecule has 1 aliphatic carbocycles. The Hall–Kier alpha value is -1.35. The molecule has 1 aromatic rings. The molecule has 19 heavy (non-hydrogen) atoms. The lowest BCUT2D eigenvalue weighted by atomic mass is 10.0. The van der Waals surface area contributed by atoms with Crippen molar-refractivity contribution < 1.29 is 9.90 Å². The molecule has 0 bridgehead atoms. The van der Waals surface area contributed by atoms with Gasteiger partial charge in [-0.1, -0.05) is 37.6 Å². The van der Waals surface area contributed by atoms with E-state index in [2.05, 4.69) is 12.2 Å². The average molecular weight is 261 g/mol. The molecule has 0 aromatic heterocycles. The first-order valence-electron chi connectivity index (χ1n) is 7.14. The van der Waals surface area contributed by atoms with Gasteiger partial charge in [0.15, 0.2) is 0 Å². The lowest BCUT2D eigenvalue weighted by molar-refractivity contribution is -0.136. The van der Waals surface area contributed by atoms with E-state index in [0.717, 1.165) is 36.1 Å². The summed E-state index contributed by atoms with van der Waals surface area (Å²) in [7, 11) is 0. The number of hydrogen-bond donors (Lipinski definition) is 2. The van der Waals surface area contributed by atoms with Gasteiger partial charge in [0.05, 0.1) is 6.42 Å². The normalized spacial score (nSPS) is 22.6. The Morgan fingerprint density at radius 1 is 1.32 bits per heavy atom. The number of carbonyl (C=O) groups is 1. The van der Waals surface area contributed by atoms with Crippen molar-refractivity contribution in [2.24, 2.45) is 11.8 Å². The topological polar surface area (TPSA) is 49.3 Å². The second-order valence-corrected chi connectivity index (χ2v) is 5.75. The zero-order valence-corrected chi connectivity index (χ0v) is 11.6. The van der Waals surface area contributed by atoms with Crippen molar-refractivity contribution >= 4 is 5.97 Å². The Labute approximate surface area is 115 Å². The maximum atomic E-state index is 10.8. The fourth-order valence-electron chi connectivity index (χ4n) is 2.99. The van der Waals surface area contributed by atoms with Crippen LogP contribution in [0.15, 0.2) is 24.3 Å². The fourth-order valence-corrected chi connectivity index (χ4v) is 2.99. The minimum atomic E-state index is -0.767. The van der Waals surface area contributed by atoms with E-state index in [9.17, 15) is 4.79 Å². The van der Waals surface area contributed by atoms with Gasteiger partial charge in [-0.25, -0.2) is 0 Å². The minimum absolute atomic E-state index is 0.109. The zero-order chi connectivity index (χ0) is 13.7. The van der Waals surface area contributed by atoms with Crippen molar-refractivity contribution in [3.8, 4) is 0 Å². The van der Waals surface area contributed by atoms with Crippen LogP contribution in [-0.2, 0) is 17.8 Å². The lowest BCUT2D eigenvalue weighted by Crippen LogP contribution is -2.22. The largest absolute Gasteiger partial charge is 0.481 e. The second-order valence-electron chi connectivity index (χ2n) is 5.75. The number of hydrogen-bond acceptors (Lipinski definition) is 2. The molecular weight excluding hydrogens is 238 g/mol. The third-order valence-corrected chi connectivity index (χ3v) is 4.01. The minimum Gasteiger partial charge on any atom is -0.481 e. The molecule has 3 nitrogen and oxygen atoms in total. The van der Waals surface area contributed by atoms with Crippen molar-refractivity contribution in [2.45, 2.75) is 39.2 Å². The van der Waals surface area contributed by atoms with E-state index in [4.69, 9.17) is 5.11 Å². The van der Waals surface area contributed by atoms with Gasteiger partial charge in [0.2, 0.25) is 0 Å². The number of rotatable bonds is 6. The summed E-state index contributed by atoms with van der Waals surface area (Å²) in [6, 6.07) is 7.80.